The molecule has 2 heteroatoms. The molecule has 0 aromatic carbocycles. The molecule has 0 heterocycles. The van der Waals surface area contributed by atoms with E-state index in [1.807, 2.05) is 6.08 Å². The third-order valence-corrected chi connectivity index (χ3v) is 1.48. The minimum absolute atomic E-state index is 0.816. The molecule has 0 aliphatic heterocycles. The molecule has 0 N–H and O–H groups in total. The van der Waals surface area contributed by atoms with Gasteiger partial charge in [-0.05, 0) is 25.0 Å². The molecule has 0 amide bonds. The molecule has 0 atom stereocenters. The van der Waals surface area contributed by atoms with Gasteiger partial charge < -0.3 is 4.74 Å². The second-order valence-corrected chi connectivity index (χ2v) is 2.57. The van der Waals surface area contributed by atoms with Crippen LogP contribution in [0, 0.1) is 0 Å². The van der Waals surface area contributed by atoms with Gasteiger partial charge in [-0.1, -0.05) is 6.08 Å². The van der Waals surface area contributed by atoms with E-state index in [1.165, 1.54) is 0 Å². The summed E-state index contributed by atoms with van der Waals surface area (Å²) < 4.78 is 5.27. The van der Waals surface area contributed by atoms with E-state index in [4.69, 9.17) is 4.74 Å². The molecule has 0 saturated heterocycles. The van der Waals surface area contributed by atoms with Gasteiger partial charge >= 0.3 is 0 Å². The molecule has 60 valence electrons. The fourth-order valence-electron chi connectivity index (χ4n) is 0.585. The van der Waals surface area contributed by atoms with Crippen LogP contribution >= 0.6 is 12.6 Å². The zero-order chi connectivity index (χ0) is 7.66. The summed E-state index contributed by atoms with van der Waals surface area (Å²) in [4.78, 5) is 0. The smallest absolute Gasteiger partial charge is 0.0500 e. The van der Waals surface area contributed by atoms with Crippen molar-refractivity contribution in [3.05, 3.63) is 12.7 Å². The summed E-state index contributed by atoms with van der Waals surface area (Å²) in [6, 6.07) is 0. The Bertz CT molecular complexity index is 73.7. The molecule has 0 rings (SSSR count). The van der Waals surface area contributed by atoms with Crippen molar-refractivity contribution in [2.75, 3.05) is 19.0 Å². The van der Waals surface area contributed by atoms with Gasteiger partial charge in [0.2, 0.25) is 0 Å². The highest BCUT2D eigenvalue weighted by atomic mass is 32.1. The first-order valence-corrected chi connectivity index (χ1v) is 4.34. The lowest BCUT2D eigenvalue weighted by Crippen LogP contribution is -1.95. The Kier molecular flexibility index (Phi) is 9.10. The molecule has 0 bridgehead atoms. The van der Waals surface area contributed by atoms with Crippen molar-refractivity contribution in [2.45, 2.75) is 19.3 Å². The quantitative estimate of drug-likeness (QED) is 0.341. The topological polar surface area (TPSA) is 9.23 Å². The van der Waals surface area contributed by atoms with Crippen molar-refractivity contribution in [1.29, 1.82) is 0 Å². The van der Waals surface area contributed by atoms with Crippen molar-refractivity contribution >= 4 is 12.6 Å². The summed E-state index contributed by atoms with van der Waals surface area (Å²) in [7, 11) is 0. The van der Waals surface area contributed by atoms with Gasteiger partial charge in [-0.3, -0.25) is 0 Å². The van der Waals surface area contributed by atoms with Crippen LogP contribution < -0.4 is 0 Å². The van der Waals surface area contributed by atoms with E-state index in [0.29, 0.717) is 0 Å². The number of hydrogen-bond donors (Lipinski definition) is 1. The fraction of sp³-hybridized carbons (Fsp3) is 0.750. The average molecular weight is 160 g/mol. The van der Waals surface area contributed by atoms with Crippen molar-refractivity contribution in [2.24, 2.45) is 0 Å². The maximum Gasteiger partial charge on any atom is 0.0500 e. The molecule has 0 aliphatic rings. The summed E-state index contributed by atoms with van der Waals surface area (Å²) in [5, 5.41) is 0. The predicted octanol–water partition coefficient (Wildman–Crippen LogP) is 2.29. The Morgan fingerprint density at radius 1 is 1.30 bits per heavy atom. The van der Waals surface area contributed by atoms with E-state index in [9.17, 15) is 0 Å². The second kappa shape index (κ2) is 9.05. The molecule has 0 fully saturated rings. The summed E-state index contributed by atoms with van der Waals surface area (Å²) >= 11 is 4.09. The average Bonchev–Trinajstić information content (AvgIpc) is 1.97. The fourth-order valence-corrected chi connectivity index (χ4v) is 0.808. The normalized spacial score (nSPS) is 9.70. The van der Waals surface area contributed by atoms with E-state index < -0.39 is 0 Å². The molecule has 0 spiro atoms. The van der Waals surface area contributed by atoms with Crippen LogP contribution in [0.5, 0.6) is 0 Å². The molecule has 0 aromatic heterocycles. The van der Waals surface area contributed by atoms with E-state index in [0.717, 1.165) is 38.2 Å². The molecule has 0 aliphatic carbocycles. The van der Waals surface area contributed by atoms with Crippen molar-refractivity contribution < 1.29 is 4.74 Å². The first-order valence-electron chi connectivity index (χ1n) is 3.71. The van der Waals surface area contributed by atoms with Gasteiger partial charge in [-0.2, -0.15) is 12.6 Å². The Hall–Kier alpha value is 0.0500. The number of hydrogen-bond acceptors (Lipinski definition) is 2. The highest BCUT2D eigenvalue weighted by molar-refractivity contribution is 7.80. The zero-order valence-electron chi connectivity index (χ0n) is 6.38. The molecular weight excluding hydrogens is 144 g/mol. The van der Waals surface area contributed by atoms with Crippen LogP contribution in [-0.2, 0) is 4.74 Å². The van der Waals surface area contributed by atoms with E-state index in [1.54, 1.807) is 0 Å². The van der Waals surface area contributed by atoms with E-state index >= 15 is 0 Å². The monoisotopic (exact) mass is 160 g/mol. The summed E-state index contributed by atoms with van der Waals surface area (Å²) in [5.41, 5.74) is 0. The standard InChI is InChI=1S/C8H16OS/c1-2-3-6-9-7-4-5-8-10/h2,10H,1,3-8H2. The molecule has 0 aromatic rings. The van der Waals surface area contributed by atoms with Gasteiger partial charge in [0.05, 0.1) is 0 Å². The van der Waals surface area contributed by atoms with E-state index in [2.05, 4.69) is 19.2 Å². The van der Waals surface area contributed by atoms with Crippen LogP contribution in [0.15, 0.2) is 12.7 Å². The van der Waals surface area contributed by atoms with Crippen LogP contribution in [0.25, 0.3) is 0 Å². The molecule has 1 nitrogen and oxygen atoms in total. The number of ether oxygens (including phenoxy) is 1. The number of thiol groups is 1. The first-order chi connectivity index (χ1) is 4.91. The van der Waals surface area contributed by atoms with Crippen molar-refractivity contribution in [3.63, 3.8) is 0 Å². The number of rotatable bonds is 7. The minimum atomic E-state index is 0.816. The summed E-state index contributed by atoms with van der Waals surface area (Å²) in [5.74, 6) is 0.963. The third kappa shape index (κ3) is 8.05. The molecule has 0 saturated carbocycles. The zero-order valence-corrected chi connectivity index (χ0v) is 7.28. The Balaban J connectivity index is 2.70. The van der Waals surface area contributed by atoms with Crippen LogP contribution in [0.3, 0.4) is 0 Å². The Morgan fingerprint density at radius 2 is 2.10 bits per heavy atom. The van der Waals surface area contributed by atoms with Gasteiger partial charge in [0.15, 0.2) is 0 Å². The highest BCUT2D eigenvalue weighted by Crippen LogP contribution is 1.92. The van der Waals surface area contributed by atoms with Gasteiger partial charge in [0.25, 0.3) is 0 Å². The summed E-state index contributed by atoms with van der Waals surface area (Å²) in [6.07, 6.45) is 5.11. The molecule has 0 radical (unpaired) electrons. The van der Waals surface area contributed by atoms with Crippen LogP contribution in [-0.4, -0.2) is 19.0 Å². The largest absolute Gasteiger partial charge is 0.381 e. The lowest BCUT2D eigenvalue weighted by atomic mass is 10.3. The first kappa shape index (κ1) is 10.0. The van der Waals surface area contributed by atoms with Gasteiger partial charge in [-0.15, -0.1) is 6.58 Å². The van der Waals surface area contributed by atoms with Crippen LogP contribution in [0.4, 0.5) is 0 Å². The maximum atomic E-state index is 5.27. The van der Waals surface area contributed by atoms with Gasteiger partial charge in [-0.25, -0.2) is 0 Å². The second-order valence-electron chi connectivity index (χ2n) is 2.12. The lowest BCUT2D eigenvalue weighted by molar-refractivity contribution is 0.136. The Morgan fingerprint density at radius 3 is 2.70 bits per heavy atom. The molecular formula is C8H16OS. The van der Waals surface area contributed by atoms with Gasteiger partial charge in [0.1, 0.15) is 0 Å². The van der Waals surface area contributed by atoms with E-state index in [-0.39, 0.29) is 0 Å². The Labute approximate surface area is 68.9 Å². The predicted molar refractivity (Wildman–Crippen MR) is 48.7 cm³/mol. The maximum absolute atomic E-state index is 5.27. The van der Waals surface area contributed by atoms with Crippen LogP contribution in [0.2, 0.25) is 0 Å². The highest BCUT2D eigenvalue weighted by Gasteiger charge is 1.85. The molecule has 0 unspecified atom stereocenters. The third-order valence-electron chi connectivity index (χ3n) is 1.16. The van der Waals surface area contributed by atoms with Crippen molar-refractivity contribution in [3.8, 4) is 0 Å². The SMILES string of the molecule is C=CCCOCCCCS. The van der Waals surface area contributed by atoms with Crippen LogP contribution in [0.1, 0.15) is 19.3 Å². The van der Waals surface area contributed by atoms with Gasteiger partial charge in [0, 0.05) is 13.2 Å². The summed E-state index contributed by atoms with van der Waals surface area (Å²) in [6.45, 7) is 5.29. The lowest BCUT2D eigenvalue weighted by Gasteiger charge is -1.99. The van der Waals surface area contributed by atoms with Crippen molar-refractivity contribution in [1.82, 2.24) is 0 Å². The molecule has 10 heavy (non-hydrogen) atoms. The number of unbranched alkanes of at least 4 members (excludes halogenated alkanes) is 1. The minimum Gasteiger partial charge on any atom is -0.381 e.